The molecule has 0 amide bonds. The van der Waals surface area contributed by atoms with Crippen molar-refractivity contribution in [1.29, 1.82) is 0 Å². The molecule has 8 nitrogen and oxygen atoms in total. The van der Waals surface area contributed by atoms with Crippen LogP contribution in [0.4, 0.5) is 0 Å². The minimum Gasteiger partial charge on any atom is -0.394 e. The smallest absolute Gasteiger partial charge is 0.0701 e. The van der Waals surface area contributed by atoms with Crippen LogP contribution in [0.3, 0.4) is 0 Å². The molecule has 2 N–H and O–H groups in total. The summed E-state index contributed by atoms with van der Waals surface area (Å²) in [5.41, 5.74) is 0. The van der Waals surface area contributed by atoms with Crippen LogP contribution in [0.2, 0.25) is 0 Å². The highest BCUT2D eigenvalue weighted by Gasteiger charge is 1.93. The molecule has 0 fully saturated rings. The van der Waals surface area contributed by atoms with E-state index in [-0.39, 0.29) is 13.2 Å². The highest BCUT2D eigenvalue weighted by Crippen LogP contribution is 2.05. The van der Waals surface area contributed by atoms with Gasteiger partial charge in [-0.15, -0.1) is 0 Å². The first-order valence-electron chi connectivity index (χ1n) is 13.0. The van der Waals surface area contributed by atoms with Gasteiger partial charge in [0, 0.05) is 13.2 Å². The summed E-state index contributed by atoms with van der Waals surface area (Å²) in [7, 11) is 0. The molecule has 0 aliphatic rings. The van der Waals surface area contributed by atoms with E-state index in [1.54, 1.807) is 0 Å². The molecule has 0 unspecified atom stereocenters. The summed E-state index contributed by atoms with van der Waals surface area (Å²) in [5.74, 6) is 0. The van der Waals surface area contributed by atoms with E-state index in [1.165, 1.54) is 57.8 Å². The van der Waals surface area contributed by atoms with Gasteiger partial charge in [-0.25, -0.2) is 0 Å². The Morgan fingerprint density at radius 1 is 0.333 bits per heavy atom. The van der Waals surface area contributed by atoms with Crippen molar-refractivity contribution in [3.05, 3.63) is 0 Å². The van der Waals surface area contributed by atoms with E-state index in [0.717, 1.165) is 13.2 Å². The molecule has 0 atom stereocenters. The van der Waals surface area contributed by atoms with E-state index in [4.69, 9.17) is 38.6 Å². The molecule has 0 aromatic heterocycles. The molecular weight excluding hydrogens is 428 g/mol. The van der Waals surface area contributed by atoms with E-state index in [0.29, 0.717) is 66.1 Å². The Labute approximate surface area is 203 Å². The zero-order valence-corrected chi connectivity index (χ0v) is 21.6. The summed E-state index contributed by atoms with van der Waals surface area (Å²) in [5, 5.41) is 16.9. The summed E-state index contributed by atoms with van der Waals surface area (Å²) in [6.45, 7) is 11.3. The Kier molecular flexibility index (Phi) is 38.3. The molecule has 33 heavy (non-hydrogen) atoms. The van der Waals surface area contributed by atoms with E-state index >= 15 is 0 Å². The van der Waals surface area contributed by atoms with E-state index in [2.05, 4.69) is 13.8 Å². The third-order valence-corrected chi connectivity index (χ3v) is 4.49. The van der Waals surface area contributed by atoms with Crippen LogP contribution in [0.1, 0.15) is 71.6 Å². The molecule has 0 aliphatic carbocycles. The first-order valence-corrected chi connectivity index (χ1v) is 13.0. The third-order valence-electron chi connectivity index (χ3n) is 4.49. The zero-order chi connectivity index (χ0) is 24.5. The fraction of sp³-hybridized carbons (Fsp3) is 1.00. The predicted octanol–water partition coefficient (Wildman–Crippen LogP) is 3.61. The van der Waals surface area contributed by atoms with Gasteiger partial charge in [-0.3, -0.25) is 0 Å². The van der Waals surface area contributed by atoms with Gasteiger partial charge in [0.2, 0.25) is 0 Å². The number of hydrogen-bond acceptors (Lipinski definition) is 8. The minimum absolute atomic E-state index is 0.0359. The van der Waals surface area contributed by atoms with Gasteiger partial charge in [-0.05, 0) is 12.8 Å². The molecule has 0 aliphatic heterocycles. The second-order valence-electron chi connectivity index (χ2n) is 7.60. The van der Waals surface area contributed by atoms with Crippen molar-refractivity contribution in [2.45, 2.75) is 71.6 Å². The SMILES string of the molecule is CCCCCCCCOCCCCC.OCCOCCOCCOCCOCCOCCO. The molecule has 0 saturated heterocycles. The summed E-state index contributed by atoms with van der Waals surface area (Å²) < 4.78 is 31.3. The first-order chi connectivity index (χ1) is 16.3. The number of ether oxygens (including phenoxy) is 6. The molecule has 0 aromatic carbocycles. The van der Waals surface area contributed by atoms with Gasteiger partial charge in [0.15, 0.2) is 0 Å². The Morgan fingerprint density at radius 2 is 0.606 bits per heavy atom. The second-order valence-corrected chi connectivity index (χ2v) is 7.60. The quantitative estimate of drug-likeness (QED) is 0.171. The Balaban J connectivity index is 0. The van der Waals surface area contributed by atoms with Crippen molar-refractivity contribution in [2.75, 3.05) is 92.5 Å². The van der Waals surface area contributed by atoms with Crippen molar-refractivity contribution in [3.8, 4) is 0 Å². The van der Waals surface area contributed by atoms with Gasteiger partial charge in [0.05, 0.1) is 79.3 Å². The standard InChI is InChI=1S/C13H28O.C12H26O7/c1-3-5-7-8-9-11-13-14-12-10-6-4-2;13-1-3-15-5-7-17-9-11-19-12-10-18-8-6-16-4-2-14/h3-13H2,1-2H3;13-14H,1-12H2. The highest BCUT2D eigenvalue weighted by atomic mass is 16.6. The van der Waals surface area contributed by atoms with Crippen LogP contribution in [0.5, 0.6) is 0 Å². The molecule has 202 valence electrons. The maximum Gasteiger partial charge on any atom is 0.0701 e. The number of rotatable bonds is 27. The largest absolute Gasteiger partial charge is 0.394 e. The molecule has 0 saturated carbocycles. The summed E-state index contributed by atoms with van der Waals surface area (Å²) in [6.07, 6.45) is 12.0. The van der Waals surface area contributed by atoms with E-state index < -0.39 is 0 Å². The minimum atomic E-state index is 0.0359. The third kappa shape index (κ3) is 39.2. The predicted molar refractivity (Wildman–Crippen MR) is 132 cm³/mol. The first kappa shape index (κ1) is 34.8. The maximum absolute atomic E-state index is 8.45. The van der Waals surface area contributed by atoms with Gasteiger partial charge in [-0.1, -0.05) is 58.8 Å². The molecule has 0 radical (unpaired) electrons. The number of hydrogen-bond donors (Lipinski definition) is 2. The molecule has 0 aromatic rings. The average molecular weight is 483 g/mol. The lowest BCUT2D eigenvalue weighted by Crippen LogP contribution is -2.14. The summed E-state index contributed by atoms with van der Waals surface area (Å²) in [6, 6.07) is 0. The van der Waals surface area contributed by atoms with Crippen LogP contribution in [0, 0.1) is 0 Å². The Hall–Kier alpha value is -0.320. The lowest BCUT2D eigenvalue weighted by Gasteiger charge is -2.07. The van der Waals surface area contributed by atoms with Gasteiger partial charge < -0.3 is 38.6 Å². The van der Waals surface area contributed by atoms with Crippen molar-refractivity contribution in [1.82, 2.24) is 0 Å². The number of unbranched alkanes of at least 4 members (excludes halogenated alkanes) is 7. The molecule has 0 heterocycles. The molecule has 0 rings (SSSR count). The van der Waals surface area contributed by atoms with Crippen molar-refractivity contribution in [3.63, 3.8) is 0 Å². The number of aliphatic hydroxyl groups is 2. The van der Waals surface area contributed by atoms with Crippen molar-refractivity contribution < 1.29 is 38.6 Å². The van der Waals surface area contributed by atoms with E-state index in [1.807, 2.05) is 0 Å². The zero-order valence-electron chi connectivity index (χ0n) is 21.6. The van der Waals surface area contributed by atoms with Crippen LogP contribution < -0.4 is 0 Å². The van der Waals surface area contributed by atoms with Crippen LogP contribution in [0.25, 0.3) is 0 Å². The normalized spacial score (nSPS) is 10.9. The van der Waals surface area contributed by atoms with Gasteiger partial charge in [0.25, 0.3) is 0 Å². The Morgan fingerprint density at radius 3 is 1.00 bits per heavy atom. The molecular formula is C25H54O8. The summed E-state index contributed by atoms with van der Waals surface area (Å²) >= 11 is 0. The summed E-state index contributed by atoms with van der Waals surface area (Å²) in [4.78, 5) is 0. The van der Waals surface area contributed by atoms with Crippen molar-refractivity contribution >= 4 is 0 Å². The van der Waals surface area contributed by atoms with Gasteiger partial charge >= 0.3 is 0 Å². The molecule has 8 heteroatoms. The fourth-order valence-electron chi connectivity index (χ4n) is 2.65. The van der Waals surface area contributed by atoms with Crippen LogP contribution in [0.15, 0.2) is 0 Å². The number of aliphatic hydroxyl groups excluding tert-OH is 2. The Bertz CT molecular complexity index is 280. The monoisotopic (exact) mass is 482 g/mol. The van der Waals surface area contributed by atoms with Crippen LogP contribution in [-0.2, 0) is 28.4 Å². The van der Waals surface area contributed by atoms with Gasteiger partial charge in [0.1, 0.15) is 0 Å². The fourth-order valence-corrected chi connectivity index (χ4v) is 2.65. The topological polar surface area (TPSA) is 95.8 Å². The average Bonchev–Trinajstić information content (AvgIpc) is 2.83. The van der Waals surface area contributed by atoms with Crippen LogP contribution >= 0.6 is 0 Å². The van der Waals surface area contributed by atoms with Crippen molar-refractivity contribution in [2.24, 2.45) is 0 Å². The van der Waals surface area contributed by atoms with Crippen LogP contribution in [-0.4, -0.2) is 103 Å². The molecule has 0 spiro atoms. The maximum atomic E-state index is 8.45. The lowest BCUT2D eigenvalue weighted by molar-refractivity contribution is -0.0151. The second kappa shape index (κ2) is 36.3. The van der Waals surface area contributed by atoms with E-state index in [9.17, 15) is 0 Å². The highest BCUT2D eigenvalue weighted by molar-refractivity contribution is 4.44. The lowest BCUT2D eigenvalue weighted by atomic mass is 10.1. The molecule has 0 bridgehead atoms. The van der Waals surface area contributed by atoms with Gasteiger partial charge in [-0.2, -0.15) is 0 Å².